The maximum atomic E-state index is 5.53. The van der Waals surface area contributed by atoms with Crippen molar-refractivity contribution < 1.29 is 0 Å². The standard InChI is InChI=1S/C11H21N5/c1-15(2)5-4-6-16(3)11-9-13-8-10(7-12)14-11/h8-9H,4-7,12H2,1-3H3. The molecule has 16 heavy (non-hydrogen) atoms. The molecule has 2 N–H and O–H groups in total. The lowest BCUT2D eigenvalue weighted by Gasteiger charge is -2.19. The minimum atomic E-state index is 0.437. The summed E-state index contributed by atoms with van der Waals surface area (Å²) in [5.74, 6) is 0.890. The molecule has 0 aliphatic carbocycles. The predicted molar refractivity (Wildman–Crippen MR) is 66.4 cm³/mol. The number of aromatic nitrogens is 2. The Morgan fingerprint density at radius 2 is 1.94 bits per heavy atom. The summed E-state index contributed by atoms with van der Waals surface area (Å²) in [6.07, 6.45) is 4.59. The van der Waals surface area contributed by atoms with E-state index in [2.05, 4.69) is 33.9 Å². The van der Waals surface area contributed by atoms with E-state index in [1.54, 1.807) is 12.4 Å². The molecule has 90 valence electrons. The largest absolute Gasteiger partial charge is 0.358 e. The maximum Gasteiger partial charge on any atom is 0.147 e. The summed E-state index contributed by atoms with van der Waals surface area (Å²) in [5, 5.41) is 0. The number of hydrogen-bond donors (Lipinski definition) is 1. The first kappa shape index (κ1) is 12.9. The van der Waals surface area contributed by atoms with E-state index in [9.17, 15) is 0 Å². The molecule has 1 rings (SSSR count). The molecule has 5 nitrogen and oxygen atoms in total. The first-order valence-electron chi connectivity index (χ1n) is 5.50. The van der Waals surface area contributed by atoms with Crippen LogP contribution in [0, 0.1) is 0 Å². The van der Waals surface area contributed by atoms with Crippen LogP contribution in [-0.2, 0) is 6.54 Å². The van der Waals surface area contributed by atoms with Crippen LogP contribution in [0.3, 0.4) is 0 Å². The van der Waals surface area contributed by atoms with Crippen molar-refractivity contribution in [1.29, 1.82) is 0 Å². The predicted octanol–water partition coefficient (Wildman–Crippen LogP) is 0.323. The van der Waals surface area contributed by atoms with Crippen molar-refractivity contribution in [2.24, 2.45) is 5.73 Å². The highest BCUT2D eigenvalue weighted by Crippen LogP contribution is 2.07. The molecule has 0 atom stereocenters. The second-order valence-electron chi connectivity index (χ2n) is 4.15. The van der Waals surface area contributed by atoms with Crippen LogP contribution in [0.5, 0.6) is 0 Å². The highest BCUT2D eigenvalue weighted by atomic mass is 15.2. The summed E-state index contributed by atoms with van der Waals surface area (Å²) >= 11 is 0. The molecule has 5 heteroatoms. The maximum absolute atomic E-state index is 5.53. The quantitative estimate of drug-likeness (QED) is 0.753. The minimum absolute atomic E-state index is 0.437. The van der Waals surface area contributed by atoms with Gasteiger partial charge in [0.15, 0.2) is 0 Å². The molecule has 0 amide bonds. The van der Waals surface area contributed by atoms with Crippen LogP contribution in [0.1, 0.15) is 12.1 Å². The molecule has 0 fully saturated rings. The number of hydrogen-bond acceptors (Lipinski definition) is 5. The monoisotopic (exact) mass is 223 g/mol. The van der Waals surface area contributed by atoms with E-state index in [1.807, 2.05) is 7.05 Å². The number of rotatable bonds is 6. The van der Waals surface area contributed by atoms with E-state index in [0.29, 0.717) is 6.54 Å². The topological polar surface area (TPSA) is 58.3 Å². The second kappa shape index (κ2) is 6.40. The van der Waals surface area contributed by atoms with E-state index in [0.717, 1.165) is 31.0 Å². The third-order valence-electron chi connectivity index (χ3n) is 2.37. The molecule has 0 bridgehead atoms. The van der Waals surface area contributed by atoms with Gasteiger partial charge in [0.2, 0.25) is 0 Å². The van der Waals surface area contributed by atoms with Gasteiger partial charge in [0, 0.05) is 26.3 Å². The van der Waals surface area contributed by atoms with Gasteiger partial charge in [0.1, 0.15) is 5.82 Å². The van der Waals surface area contributed by atoms with Gasteiger partial charge in [-0.25, -0.2) is 4.98 Å². The minimum Gasteiger partial charge on any atom is -0.358 e. The smallest absolute Gasteiger partial charge is 0.147 e. The molecule has 0 aliphatic rings. The first-order chi connectivity index (χ1) is 7.63. The van der Waals surface area contributed by atoms with E-state index in [-0.39, 0.29) is 0 Å². The normalized spacial score (nSPS) is 10.8. The molecule has 0 radical (unpaired) electrons. The summed E-state index contributed by atoms with van der Waals surface area (Å²) in [7, 11) is 6.18. The van der Waals surface area contributed by atoms with Gasteiger partial charge in [-0.1, -0.05) is 0 Å². The van der Waals surface area contributed by atoms with Crippen molar-refractivity contribution in [3.8, 4) is 0 Å². The van der Waals surface area contributed by atoms with Gasteiger partial charge in [-0.3, -0.25) is 4.98 Å². The van der Waals surface area contributed by atoms with Crippen LogP contribution >= 0.6 is 0 Å². The van der Waals surface area contributed by atoms with E-state index >= 15 is 0 Å². The Morgan fingerprint density at radius 3 is 2.56 bits per heavy atom. The van der Waals surface area contributed by atoms with Crippen molar-refractivity contribution in [3.05, 3.63) is 18.1 Å². The lowest BCUT2D eigenvalue weighted by molar-refractivity contribution is 0.401. The summed E-state index contributed by atoms with van der Waals surface area (Å²) in [6.45, 7) is 2.49. The summed E-state index contributed by atoms with van der Waals surface area (Å²) < 4.78 is 0. The molecule has 0 saturated carbocycles. The molecule has 1 aromatic heterocycles. The van der Waals surface area contributed by atoms with Gasteiger partial charge >= 0.3 is 0 Å². The second-order valence-corrected chi connectivity index (χ2v) is 4.15. The van der Waals surface area contributed by atoms with Crippen LogP contribution in [0.15, 0.2) is 12.4 Å². The van der Waals surface area contributed by atoms with Gasteiger partial charge in [-0.2, -0.15) is 0 Å². The molecule has 0 spiro atoms. The van der Waals surface area contributed by atoms with Gasteiger partial charge in [0.25, 0.3) is 0 Å². The van der Waals surface area contributed by atoms with E-state index < -0.39 is 0 Å². The zero-order valence-corrected chi connectivity index (χ0v) is 10.3. The van der Waals surface area contributed by atoms with Crippen molar-refractivity contribution in [1.82, 2.24) is 14.9 Å². The van der Waals surface area contributed by atoms with Gasteiger partial charge in [-0.05, 0) is 27.1 Å². The molecule has 0 unspecified atom stereocenters. The number of nitrogens with two attached hydrogens (primary N) is 1. The fourth-order valence-corrected chi connectivity index (χ4v) is 1.42. The Hall–Kier alpha value is -1.20. The number of anilines is 1. The Labute approximate surface area is 97.3 Å². The Morgan fingerprint density at radius 1 is 1.19 bits per heavy atom. The number of nitrogens with zero attached hydrogens (tertiary/aromatic N) is 4. The van der Waals surface area contributed by atoms with Gasteiger partial charge in [-0.15, -0.1) is 0 Å². The van der Waals surface area contributed by atoms with Gasteiger partial charge < -0.3 is 15.5 Å². The van der Waals surface area contributed by atoms with Crippen molar-refractivity contribution in [2.75, 3.05) is 39.1 Å². The van der Waals surface area contributed by atoms with Crippen LogP contribution in [0.25, 0.3) is 0 Å². The molecule has 1 heterocycles. The molecule has 1 aromatic rings. The fourth-order valence-electron chi connectivity index (χ4n) is 1.42. The summed E-state index contributed by atoms with van der Waals surface area (Å²) in [5.41, 5.74) is 6.36. The SMILES string of the molecule is CN(C)CCCN(C)c1cncc(CN)n1. The zero-order chi connectivity index (χ0) is 12.0. The molecule has 0 aromatic carbocycles. The molecule has 0 aliphatic heterocycles. The third kappa shape index (κ3) is 4.12. The molecular weight excluding hydrogens is 202 g/mol. The zero-order valence-electron chi connectivity index (χ0n) is 10.3. The Bertz CT molecular complexity index is 313. The highest BCUT2D eigenvalue weighted by Gasteiger charge is 2.03. The van der Waals surface area contributed by atoms with Crippen LogP contribution < -0.4 is 10.6 Å². The highest BCUT2D eigenvalue weighted by molar-refractivity contribution is 5.34. The van der Waals surface area contributed by atoms with Crippen LogP contribution in [0.2, 0.25) is 0 Å². The fraction of sp³-hybridized carbons (Fsp3) is 0.636. The van der Waals surface area contributed by atoms with Gasteiger partial charge in [0.05, 0.1) is 11.9 Å². The van der Waals surface area contributed by atoms with Crippen molar-refractivity contribution in [3.63, 3.8) is 0 Å². The third-order valence-corrected chi connectivity index (χ3v) is 2.37. The van der Waals surface area contributed by atoms with E-state index in [1.165, 1.54) is 0 Å². The Kier molecular flexibility index (Phi) is 5.14. The summed E-state index contributed by atoms with van der Waals surface area (Å²) in [4.78, 5) is 12.8. The lowest BCUT2D eigenvalue weighted by atomic mass is 10.3. The molecular formula is C11H21N5. The summed E-state index contributed by atoms with van der Waals surface area (Å²) in [6, 6.07) is 0. The van der Waals surface area contributed by atoms with E-state index in [4.69, 9.17) is 5.73 Å². The Balaban J connectivity index is 2.48. The molecule has 0 saturated heterocycles. The lowest BCUT2D eigenvalue weighted by Crippen LogP contribution is -2.24. The average molecular weight is 223 g/mol. The van der Waals surface area contributed by atoms with Crippen molar-refractivity contribution >= 4 is 5.82 Å². The van der Waals surface area contributed by atoms with Crippen molar-refractivity contribution in [2.45, 2.75) is 13.0 Å². The van der Waals surface area contributed by atoms with Crippen LogP contribution in [-0.4, -0.2) is 49.1 Å². The first-order valence-corrected chi connectivity index (χ1v) is 5.50. The van der Waals surface area contributed by atoms with Crippen LogP contribution in [0.4, 0.5) is 5.82 Å². The average Bonchev–Trinajstić information content (AvgIpc) is 2.28.